The van der Waals surface area contributed by atoms with Gasteiger partial charge in [-0.15, -0.1) is 0 Å². The number of likely N-dealkylation sites (N-methyl/N-ethyl adjacent to an activating group) is 1. The molecule has 130 valence electrons. The molecule has 0 radical (unpaired) electrons. The molecule has 6 nitrogen and oxygen atoms in total. The van der Waals surface area contributed by atoms with Crippen LogP contribution in [0.15, 0.2) is 48.5 Å². The zero-order valence-electron chi connectivity index (χ0n) is 14.3. The van der Waals surface area contributed by atoms with Crippen LogP contribution in [0, 0.1) is 0 Å². The number of nitrogens with one attached hydrogen (secondary N) is 2. The molecular weight excluding hydrogens is 318 g/mol. The van der Waals surface area contributed by atoms with Crippen LogP contribution in [0.3, 0.4) is 0 Å². The van der Waals surface area contributed by atoms with Crippen LogP contribution in [0.25, 0.3) is 0 Å². The minimum atomic E-state index is -0.553. The SMILES string of the molecule is CCNC(=O)C1Cc2ccccc2N1C(=O)Nc1cccc(OC)c1. The van der Waals surface area contributed by atoms with Crippen LogP contribution in [0.5, 0.6) is 5.75 Å². The Morgan fingerprint density at radius 2 is 2.00 bits per heavy atom. The molecule has 1 aliphatic rings. The second-order valence-electron chi connectivity index (χ2n) is 5.78. The first-order chi connectivity index (χ1) is 12.1. The maximum atomic E-state index is 12.9. The number of ether oxygens (including phenoxy) is 1. The molecule has 1 unspecified atom stereocenters. The van der Waals surface area contributed by atoms with E-state index in [4.69, 9.17) is 4.74 Å². The van der Waals surface area contributed by atoms with Gasteiger partial charge in [-0.2, -0.15) is 0 Å². The number of carbonyl (C=O) groups excluding carboxylic acids is 2. The number of hydrogen-bond acceptors (Lipinski definition) is 3. The Morgan fingerprint density at radius 1 is 1.20 bits per heavy atom. The fourth-order valence-corrected chi connectivity index (χ4v) is 3.02. The summed E-state index contributed by atoms with van der Waals surface area (Å²) in [7, 11) is 1.57. The molecule has 0 aliphatic carbocycles. The summed E-state index contributed by atoms with van der Waals surface area (Å²) >= 11 is 0. The summed E-state index contributed by atoms with van der Waals surface area (Å²) in [5.74, 6) is 0.499. The van der Waals surface area contributed by atoms with E-state index in [9.17, 15) is 9.59 Å². The molecular formula is C19H21N3O3. The number of methoxy groups -OCH3 is 1. The molecule has 3 amide bonds. The number of rotatable bonds is 4. The van der Waals surface area contributed by atoms with Crippen LogP contribution >= 0.6 is 0 Å². The molecule has 0 saturated heterocycles. The molecule has 0 saturated carbocycles. The lowest BCUT2D eigenvalue weighted by Gasteiger charge is -2.25. The van der Waals surface area contributed by atoms with Gasteiger partial charge in [0.1, 0.15) is 11.8 Å². The lowest BCUT2D eigenvalue weighted by molar-refractivity contribution is -0.122. The lowest BCUT2D eigenvalue weighted by Crippen LogP contribution is -2.49. The highest BCUT2D eigenvalue weighted by Crippen LogP contribution is 2.33. The number of urea groups is 1. The van der Waals surface area contributed by atoms with Crippen LogP contribution < -0.4 is 20.3 Å². The van der Waals surface area contributed by atoms with Crippen molar-refractivity contribution in [2.45, 2.75) is 19.4 Å². The highest BCUT2D eigenvalue weighted by molar-refractivity contribution is 6.08. The number of amides is 3. The summed E-state index contributed by atoms with van der Waals surface area (Å²) < 4.78 is 5.18. The zero-order valence-corrected chi connectivity index (χ0v) is 14.3. The van der Waals surface area contributed by atoms with E-state index in [1.54, 1.807) is 31.4 Å². The van der Waals surface area contributed by atoms with Crippen LogP contribution in [0.1, 0.15) is 12.5 Å². The number of carbonyl (C=O) groups is 2. The fourth-order valence-electron chi connectivity index (χ4n) is 3.02. The largest absolute Gasteiger partial charge is 0.497 e. The first-order valence-corrected chi connectivity index (χ1v) is 8.24. The summed E-state index contributed by atoms with van der Waals surface area (Å²) in [4.78, 5) is 26.8. The van der Waals surface area contributed by atoms with Crippen molar-refractivity contribution in [3.63, 3.8) is 0 Å². The second-order valence-corrected chi connectivity index (χ2v) is 5.78. The molecule has 1 atom stereocenters. The molecule has 25 heavy (non-hydrogen) atoms. The van der Waals surface area contributed by atoms with Gasteiger partial charge in [-0.25, -0.2) is 4.79 Å². The second kappa shape index (κ2) is 7.25. The van der Waals surface area contributed by atoms with Crippen molar-refractivity contribution >= 4 is 23.3 Å². The lowest BCUT2D eigenvalue weighted by atomic mass is 10.1. The van der Waals surface area contributed by atoms with Gasteiger partial charge in [-0.3, -0.25) is 9.69 Å². The van der Waals surface area contributed by atoms with Crippen molar-refractivity contribution in [1.29, 1.82) is 0 Å². The van der Waals surface area contributed by atoms with Crippen molar-refractivity contribution in [3.05, 3.63) is 54.1 Å². The van der Waals surface area contributed by atoms with Gasteiger partial charge in [-0.05, 0) is 30.7 Å². The van der Waals surface area contributed by atoms with Crippen LogP contribution in [0.2, 0.25) is 0 Å². The minimum absolute atomic E-state index is 0.153. The number of nitrogens with zero attached hydrogens (tertiary/aromatic N) is 1. The fraction of sp³-hybridized carbons (Fsp3) is 0.263. The van der Waals surface area contributed by atoms with Crippen molar-refractivity contribution in [3.8, 4) is 5.75 Å². The first-order valence-electron chi connectivity index (χ1n) is 8.24. The van der Waals surface area contributed by atoms with Crippen molar-refractivity contribution < 1.29 is 14.3 Å². The quantitative estimate of drug-likeness (QED) is 0.900. The Labute approximate surface area is 146 Å². The normalized spacial score (nSPS) is 15.4. The van der Waals surface area contributed by atoms with Crippen molar-refractivity contribution in [1.82, 2.24) is 5.32 Å². The average molecular weight is 339 g/mol. The number of para-hydroxylation sites is 1. The Balaban J connectivity index is 1.87. The monoisotopic (exact) mass is 339 g/mol. The van der Waals surface area contributed by atoms with E-state index in [1.165, 1.54) is 4.90 Å². The van der Waals surface area contributed by atoms with Crippen LogP contribution in [-0.2, 0) is 11.2 Å². The van der Waals surface area contributed by atoms with Gasteiger partial charge in [-0.1, -0.05) is 24.3 Å². The Bertz CT molecular complexity index is 791. The maximum Gasteiger partial charge on any atom is 0.327 e. The minimum Gasteiger partial charge on any atom is -0.497 e. The third-order valence-corrected chi connectivity index (χ3v) is 4.17. The third-order valence-electron chi connectivity index (χ3n) is 4.17. The van der Waals surface area contributed by atoms with Crippen molar-refractivity contribution in [2.75, 3.05) is 23.9 Å². The van der Waals surface area contributed by atoms with Gasteiger partial charge in [0.2, 0.25) is 5.91 Å². The van der Waals surface area contributed by atoms with Gasteiger partial charge in [0, 0.05) is 30.4 Å². The number of benzene rings is 2. The molecule has 3 rings (SSSR count). The standard InChI is InChI=1S/C19H21N3O3/c1-3-20-18(23)17-11-13-7-4-5-10-16(13)22(17)19(24)21-14-8-6-9-15(12-14)25-2/h4-10,12,17H,3,11H2,1-2H3,(H,20,23)(H,21,24). The van der Waals surface area contributed by atoms with Gasteiger partial charge >= 0.3 is 6.03 Å². The number of fused-ring (bicyclic) bond motifs is 1. The molecule has 1 aliphatic heterocycles. The predicted molar refractivity (Wildman–Crippen MR) is 97.1 cm³/mol. The van der Waals surface area contributed by atoms with E-state index in [2.05, 4.69) is 10.6 Å². The van der Waals surface area contributed by atoms with E-state index in [0.717, 1.165) is 11.3 Å². The van der Waals surface area contributed by atoms with Crippen LogP contribution in [0.4, 0.5) is 16.2 Å². The van der Waals surface area contributed by atoms with Gasteiger partial charge < -0.3 is 15.4 Å². The van der Waals surface area contributed by atoms with Gasteiger partial charge in [0.05, 0.1) is 7.11 Å². The van der Waals surface area contributed by atoms with E-state index in [1.807, 2.05) is 31.2 Å². The third kappa shape index (κ3) is 3.42. The zero-order chi connectivity index (χ0) is 17.8. The summed E-state index contributed by atoms with van der Waals surface area (Å²) in [6, 6.07) is 13.8. The highest BCUT2D eigenvalue weighted by atomic mass is 16.5. The number of hydrogen-bond donors (Lipinski definition) is 2. The Hall–Kier alpha value is -3.02. The molecule has 2 aromatic rings. The summed E-state index contributed by atoms with van der Waals surface area (Å²) in [5.41, 5.74) is 2.36. The average Bonchev–Trinajstić information content (AvgIpc) is 3.02. The van der Waals surface area contributed by atoms with E-state index < -0.39 is 6.04 Å². The van der Waals surface area contributed by atoms with Gasteiger partial charge in [0.15, 0.2) is 0 Å². The Kier molecular flexibility index (Phi) is 4.88. The molecule has 2 N–H and O–H groups in total. The maximum absolute atomic E-state index is 12.9. The Morgan fingerprint density at radius 3 is 2.76 bits per heavy atom. The first kappa shape index (κ1) is 16.8. The summed E-state index contributed by atoms with van der Waals surface area (Å²) in [6.45, 7) is 2.39. The molecule has 0 bridgehead atoms. The summed E-state index contributed by atoms with van der Waals surface area (Å²) in [5, 5.41) is 5.66. The predicted octanol–water partition coefficient (Wildman–Crippen LogP) is 2.79. The van der Waals surface area contributed by atoms with E-state index in [0.29, 0.717) is 24.4 Å². The smallest absolute Gasteiger partial charge is 0.327 e. The van der Waals surface area contributed by atoms with Gasteiger partial charge in [0.25, 0.3) is 0 Å². The summed E-state index contributed by atoms with van der Waals surface area (Å²) in [6.07, 6.45) is 0.507. The molecule has 0 aromatic heterocycles. The van der Waals surface area contributed by atoms with E-state index in [-0.39, 0.29) is 11.9 Å². The van der Waals surface area contributed by atoms with Crippen LogP contribution in [-0.4, -0.2) is 31.6 Å². The van der Waals surface area contributed by atoms with E-state index >= 15 is 0 Å². The molecule has 6 heteroatoms. The molecule has 2 aromatic carbocycles. The van der Waals surface area contributed by atoms with Crippen molar-refractivity contribution in [2.24, 2.45) is 0 Å². The number of anilines is 2. The molecule has 0 spiro atoms. The molecule has 0 fully saturated rings. The molecule has 1 heterocycles. The highest BCUT2D eigenvalue weighted by Gasteiger charge is 2.38. The topological polar surface area (TPSA) is 70.7 Å².